The first-order valence-electron chi connectivity index (χ1n) is 9.42. The van der Waals surface area contributed by atoms with E-state index in [1.807, 2.05) is 36.4 Å². The van der Waals surface area contributed by atoms with Crippen LogP contribution in [0.4, 0.5) is 0 Å². The molecule has 4 aromatic carbocycles. The molecule has 4 rings (SSSR count). The average Bonchev–Trinajstić information content (AvgIpc) is 2.78. The fourth-order valence-electron chi connectivity index (χ4n) is 3.18. The minimum atomic E-state index is -1.27. The molecule has 0 saturated carbocycles. The van der Waals surface area contributed by atoms with E-state index in [2.05, 4.69) is 0 Å². The minimum Gasteiger partial charge on any atom is -0.417 e. The zero-order chi connectivity index (χ0) is 21.8. The third kappa shape index (κ3) is 4.88. The van der Waals surface area contributed by atoms with Crippen LogP contribution in [0.15, 0.2) is 91.0 Å². The molecule has 0 heterocycles. The van der Waals surface area contributed by atoms with Gasteiger partial charge in [-0.15, -0.1) is 0 Å². The van der Waals surface area contributed by atoms with Gasteiger partial charge >= 0.3 is 11.9 Å². The summed E-state index contributed by atoms with van der Waals surface area (Å²) in [6.07, 6.45) is -1.27. The Balaban J connectivity index is 1.71. The van der Waals surface area contributed by atoms with E-state index in [0.717, 1.165) is 10.8 Å². The zero-order valence-corrected chi connectivity index (χ0v) is 17.6. The molecule has 0 fully saturated rings. The van der Waals surface area contributed by atoms with Crippen LogP contribution in [0.25, 0.3) is 10.8 Å². The monoisotopic (exact) mass is 450 g/mol. The van der Waals surface area contributed by atoms with Gasteiger partial charge in [-0.25, -0.2) is 9.59 Å². The summed E-state index contributed by atoms with van der Waals surface area (Å²) in [6.45, 7) is 0. The van der Waals surface area contributed by atoms with Crippen molar-refractivity contribution in [3.8, 4) is 0 Å². The summed E-state index contributed by atoms with van der Waals surface area (Å²) in [4.78, 5) is 25.6. The molecule has 0 amide bonds. The summed E-state index contributed by atoms with van der Waals surface area (Å²) < 4.78 is 11.3. The average molecular weight is 451 g/mol. The Bertz CT molecular complexity index is 1230. The maximum Gasteiger partial charge on any atom is 0.341 e. The van der Waals surface area contributed by atoms with E-state index < -0.39 is 18.2 Å². The van der Waals surface area contributed by atoms with E-state index in [0.29, 0.717) is 21.2 Å². The van der Waals surface area contributed by atoms with Crippen LogP contribution in [-0.2, 0) is 9.47 Å². The molecule has 31 heavy (non-hydrogen) atoms. The number of carbonyl (C=O) groups excluding carboxylic acids is 2. The summed E-state index contributed by atoms with van der Waals surface area (Å²) >= 11 is 12.0. The summed E-state index contributed by atoms with van der Waals surface area (Å²) in [5.41, 5.74) is 1.04. The maximum absolute atomic E-state index is 12.9. The van der Waals surface area contributed by atoms with Crippen LogP contribution < -0.4 is 0 Å². The highest BCUT2D eigenvalue weighted by Gasteiger charge is 2.25. The molecule has 4 nitrogen and oxygen atoms in total. The van der Waals surface area contributed by atoms with Crippen LogP contribution in [0.2, 0.25) is 10.0 Å². The van der Waals surface area contributed by atoms with Gasteiger partial charge in [-0.1, -0.05) is 83.9 Å². The highest BCUT2D eigenvalue weighted by atomic mass is 35.5. The Morgan fingerprint density at radius 2 is 1.23 bits per heavy atom. The Hall–Kier alpha value is -3.34. The van der Waals surface area contributed by atoms with Crippen LogP contribution in [0.5, 0.6) is 0 Å². The van der Waals surface area contributed by atoms with Gasteiger partial charge in [0.2, 0.25) is 0 Å². The quantitative estimate of drug-likeness (QED) is 0.246. The lowest BCUT2D eigenvalue weighted by molar-refractivity contribution is -0.0815. The molecular formula is C25H16Cl2O4. The van der Waals surface area contributed by atoms with Crippen molar-refractivity contribution in [2.45, 2.75) is 6.29 Å². The number of fused-ring (bicyclic) bond motifs is 1. The van der Waals surface area contributed by atoms with Gasteiger partial charge in [-0.3, -0.25) is 0 Å². The summed E-state index contributed by atoms with van der Waals surface area (Å²) in [7, 11) is 0. The number of hydrogen-bond acceptors (Lipinski definition) is 4. The van der Waals surface area contributed by atoms with Gasteiger partial charge in [0.25, 0.3) is 6.29 Å². The topological polar surface area (TPSA) is 52.6 Å². The molecular weight excluding hydrogens is 435 g/mol. The van der Waals surface area contributed by atoms with Gasteiger partial charge < -0.3 is 9.47 Å². The molecule has 0 radical (unpaired) electrons. The summed E-state index contributed by atoms with van der Waals surface area (Å²) in [5.74, 6) is -1.33. The van der Waals surface area contributed by atoms with Gasteiger partial charge in [0.15, 0.2) is 0 Å². The van der Waals surface area contributed by atoms with Gasteiger partial charge in [0.1, 0.15) is 0 Å². The third-order valence-electron chi connectivity index (χ3n) is 4.61. The van der Waals surface area contributed by atoms with Crippen LogP contribution in [0, 0.1) is 0 Å². The highest BCUT2D eigenvalue weighted by Crippen LogP contribution is 2.30. The van der Waals surface area contributed by atoms with Crippen LogP contribution in [0.3, 0.4) is 0 Å². The maximum atomic E-state index is 12.9. The minimum absolute atomic E-state index is 0.151. The molecule has 0 aromatic heterocycles. The van der Waals surface area contributed by atoms with Crippen molar-refractivity contribution in [1.82, 2.24) is 0 Å². The number of benzene rings is 4. The molecule has 1 unspecified atom stereocenters. The standard InChI is InChI=1S/C25H16Cl2O4/c26-19-13-18(14-20(27)15-19)24(29)31-25(30-23(28)17-8-2-1-3-9-17)22-12-6-10-16-7-4-5-11-21(16)22/h1-15,25H. The molecule has 0 aliphatic heterocycles. The second-order valence-electron chi connectivity index (χ2n) is 6.74. The molecule has 1 atom stereocenters. The normalized spacial score (nSPS) is 11.7. The Morgan fingerprint density at radius 3 is 1.94 bits per heavy atom. The van der Waals surface area contributed by atoms with Gasteiger partial charge in [0.05, 0.1) is 11.1 Å². The Labute approximate surface area is 188 Å². The van der Waals surface area contributed by atoms with Crippen molar-refractivity contribution in [3.63, 3.8) is 0 Å². The third-order valence-corrected chi connectivity index (χ3v) is 5.05. The van der Waals surface area contributed by atoms with Crippen molar-refractivity contribution >= 4 is 45.9 Å². The first-order valence-corrected chi connectivity index (χ1v) is 10.2. The van der Waals surface area contributed by atoms with Crippen LogP contribution in [-0.4, -0.2) is 11.9 Å². The number of hydrogen-bond donors (Lipinski definition) is 0. The van der Waals surface area contributed by atoms with E-state index in [1.165, 1.54) is 18.2 Å². The first-order chi connectivity index (χ1) is 15.0. The number of halogens is 2. The lowest BCUT2D eigenvalue weighted by Gasteiger charge is -2.20. The first kappa shape index (κ1) is 20.9. The smallest absolute Gasteiger partial charge is 0.341 e. The molecule has 0 N–H and O–H groups in total. The largest absolute Gasteiger partial charge is 0.417 e. The van der Waals surface area contributed by atoms with Crippen molar-refractivity contribution in [1.29, 1.82) is 0 Å². The number of rotatable bonds is 5. The fraction of sp³-hybridized carbons (Fsp3) is 0.0400. The number of ether oxygens (including phenoxy) is 2. The second kappa shape index (κ2) is 9.21. The predicted octanol–water partition coefficient (Wildman–Crippen LogP) is 6.86. The lowest BCUT2D eigenvalue weighted by atomic mass is 10.0. The SMILES string of the molecule is O=C(OC(OC(=O)c1cc(Cl)cc(Cl)c1)c1cccc2ccccc12)c1ccccc1. The molecule has 4 aromatic rings. The van der Waals surface area contributed by atoms with Crippen LogP contribution >= 0.6 is 23.2 Å². The predicted molar refractivity (Wildman–Crippen MR) is 120 cm³/mol. The van der Waals surface area contributed by atoms with E-state index in [9.17, 15) is 9.59 Å². The Morgan fingerprint density at radius 1 is 0.645 bits per heavy atom. The van der Waals surface area contributed by atoms with Gasteiger partial charge in [-0.05, 0) is 41.1 Å². The fourth-order valence-corrected chi connectivity index (χ4v) is 3.71. The number of esters is 2. The van der Waals surface area contributed by atoms with E-state index in [1.54, 1.807) is 36.4 Å². The molecule has 0 aliphatic carbocycles. The molecule has 0 bridgehead atoms. The van der Waals surface area contributed by atoms with E-state index >= 15 is 0 Å². The number of carbonyl (C=O) groups is 2. The van der Waals surface area contributed by atoms with Crippen molar-refractivity contribution in [2.75, 3.05) is 0 Å². The van der Waals surface area contributed by atoms with Crippen molar-refractivity contribution < 1.29 is 19.1 Å². The van der Waals surface area contributed by atoms with Crippen LogP contribution in [0.1, 0.15) is 32.6 Å². The molecule has 6 heteroatoms. The van der Waals surface area contributed by atoms with E-state index in [-0.39, 0.29) is 5.56 Å². The highest BCUT2D eigenvalue weighted by molar-refractivity contribution is 6.35. The molecule has 0 aliphatic rings. The zero-order valence-electron chi connectivity index (χ0n) is 16.1. The van der Waals surface area contributed by atoms with Crippen molar-refractivity contribution in [2.24, 2.45) is 0 Å². The van der Waals surface area contributed by atoms with Gasteiger partial charge in [0, 0.05) is 15.6 Å². The summed E-state index contributed by atoms with van der Waals surface area (Å²) in [6, 6.07) is 25.9. The van der Waals surface area contributed by atoms with Gasteiger partial charge in [-0.2, -0.15) is 0 Å². The second-order valence-corrected chi connectivity index (χ2v) is 7.61. The molecule has 154 valence electrons. The lowest BCUT2D eigenvalue weighted by Crippen LogP contribution is -2.19. The summed E-state index contributed by atoms with van der Waals surface area (Å²) in [5, 5.41) is 2.31. The molecule has 0 spiro atoms. The van der Waals surface area contributed by atoms with Crippen molar-refractivity contribution in [3.05, 3.63) is 118 Å². The Kier molecular flexibility index (Phi) is 6.21. The molecule has 0 saturated heterocycles. The van der Waals surface area contributed by atoms with E-state index in [4.69, 9.17) is 32.7 Å².